The van der Waals surface area contributed by atoms with Crippen LogP contribution in [0.5, 0.6) is 11.5 Å². The van der Waals surface area contributed by atoms with Crippen molar-refractivity contribution in [3.05, 3.63) is 60.6 Å². The summed E-state index contributed by atoms with van der Waals surface area (Å²) in [6, 6.07) is 16.7. The molecular weight excluding hydrogens is 336 g/mol. The Kier molecular flexibility index (Phi) is 5.14. The van der Waals surface area contributed by atoms with Crippen molar-refractivity contribution in [3.8, 4) is 28.4 Å². The highest BCUT2D eigenvalue weighted by Gasteiger charge is 2.28. The number of hydrogen-bond donors (Lipinski definition) is 0. The van der Waals surface area contributed by atoms with Crippen molar-refractivity contribution in [2.24, 2.45) is 0 Å². The zero-order chi connectivity index (χ0) is 18.6. The average Bonchev–Trinajstić information content (AvgIpc) is 2.89. The van der Waals surface area contributed by atoms with Crippen LogP contribution in [-0.4, -0.2) is 18.3 Å². The van der Waals surface area contributed by atoms with Gasteiger partial charge in [0, 0.05) is 6.42 Å². The van der Waals surface area contributed by atoms with Gasteiger partial charge in [0.15, 0.2) is 5.69 Å². The zero-order valence-corrected chi connectivity index (χ0v) is 16.1. The molecule has 0 saturated heterocycles. The topological polar surface area (TPSA) is 27.3 Å². The molecule has 3 aromatic rings. The Balaban J connectivity index is 1.84. The van der Waals surface area contributed by atoms with E-state index in [1.807, 2.05) is 19.1 Å². The molecule has 1 aliphatic heterocycles. The van der Waals surface area contributed by atoms with E-state index in [1.54, 1.807) is 7.11 Å². The second kappa shape index (κ2) is 7.87. The zero-order valence-electron chi connectivity index (χ0n) is 16.1. The number of hydrogen-bond acceptors (Lipinski definition) is 2. The van der Waals surface area contributed by atoms with Gasteiger partial charge in [-0.15, -0.1) is 0 Å². The van der Waals surface area contributed by atoms with Crippen LogP contribution in [0.3, 0.4) is 0 Å². The maximum absolute atomic E-state index is 5.64. The van der Waals surface area contributed by atoms with E-state index in [9.17, 15) is 0 Å². The van der Waals surface area contributed by atoms with Gasteiger partial charge in [0.25, 0.3) is 5.82 Å². The minimum Gasteiger partial charge on any atom is -0.496 e. The lowest BCUT2D eigenvalue weighted by atomic mass is 10.1. The van der Waals surface area contributed by atoms with Gasteiger partial charge in [0.05, 0.1) is 25.8 Å². The van der Waals surface area contributed by atoms with Crippen LogP contribution in [0.4, 0.5) is 0 Å². The Bertz CT molecular complexity index is 913. The molecule has 4 heteroatoms. The van der Waals surface area contributed by atoms with E-state index in [-0.39, 0.29) is 0 Å². The van der Waals surface area contributed by atoms with Gasteiger partial charge in [-0.2, -0.15) is 4.57 Å². The van der Waals surface area contributed by atoms with Gasteiger partial charge in [0.1, 0.15) is 23.4 Å². The first-order valence-corrected chi connectivity index (χ1v) is 9.82. The Morgan fingerprint density at radius 3 is 2.59 bits per heavy atom. The normalized spacial score (nSPS) is 13.7. The van der Waals surface area contributed by atoms with Gasteiger partial charge in [-0.05, 0) is 62.6 Å². The molecule has 0 fully saturated rings. The summed E-state index contributed by atoms with van der Waals surface area (Å²) >= 11 is 0. The van der Waals surface area contributed by atoms with E-state index in [1.165, 1.54) is 36.5 Å². The van der Waals surface area contributed by atoms with Gasteiger partial charge in [-0.1, -0.05) is 12.1 Å². The monoisotopic (exact) mass is 363 g/mol. The number of rotatable bonds is 5. The lowest BCUT2D eigenvalue weighted by molar-refractivity contribution is -0.692. The molecule has 0 amide bonds. The predicted molar refractivity (Wildman–Crippen MR) is 107 cm³/mol. The summed E-state index contributed by atoms with van der Waals surface area (Å²) in [5.74, 6) is 3.19. The molecule has 27 heavy (non-hydrogen) atoms. The van der Waals surface area contributed by atoms with Crippen LogP contribution in [0.15, 0.2) is 54.7 Å². The fraction of sp³-hybridized carbons (Fsp3) is 0.348. The minimum atomic E-state index is 0.687. The van der Waals surface area contributed by atoms with Crippen LogP contribution < -0.4 is 14.0 Å². The first-order valence-electron chi connectivity index (χ1n) is 9.82. The second-order valence-electron chi connectivity index (χ2n) is 6.89. The first kappa shape index (κ1) is 17.7. The molecule has 2 aromatic carbocycles. The third kappa shape index (κ3) is 3.44. The summed E-state index contributed by atoms with van der Waals surface area (Å²) in [4.78, 5) is 0. The SMILES string of the molecule is CCOc1ccc(-n2cc(-c3ccccc3OC)[n+]3c2CCCCC3)cc1. The molecule has 0 radical (unpaired) electrons. The summed E-state index contributed by atoms with van der Waals surface area (Å²) in [7, 11) is 1.74. The molecule has 0 atom stereocenters. The Hall–Kier alpha value is -2.75. The second-order valence-corrected chi connectivity index (χ2v) is 6.89. The molecule has 4 rings (SSSR count). The minimum absolute atomic E-state index is 0.687. The highest BCUT2D eigenvalue weighted by atomic mass is 16.5. The van der Waals surface area contributed by atoms with Crippen molar-refractivity contribution < 1.29 is 14.0 Å². The number of aromatic nitrogens is 2. The Morgan fingerprint density at radius 1 is 1.00 bits per heavy atom. The van der Waals surface area contributed by atoms with Gasteiger partial charge in [-0.25, -0.2) is 4.57 Å². The summed E-state index contributed by atoms with van der Waals surface area (Å²) in [6.07, 6.45) is 7.06. The largest absolute Gasteiger partial charge is 0.496 e. The standard InChI is InChI=1S/C23H27N2O2/c1-3-27-19-14-12-18(13-15-19)25-17-21(20-9-6-7-10-22(20)26-2)24-16-8-4-5-11-23(24)25/h6-7,9-10,12-15,17H,3-5,8,11,16H2,1-2H3/q+1. The number of imidazole rings is 1. The van der Waals surface area contributed by atoms with E-state index < -0.39 is 0 Å². The molecule has 1 aliphatic rings. The van der Waals surface area contributed by atoms with Gasteiger partial charge in [0.2, 0.25) is 0 Å². The molecule has 0 saturated carbocycles. The van der Waals surface area contributed by atoms with Crippen LogP contribution >= 0.6 is 0 Å². The number of benzene rings is 2. The van der Waals surface area contributed by atoms with Crippen molar-refractivity contribution in [2.75, 3.05) is 13.7 Å². The van der Waals surface area contributed by atoms with Gasteiger partial charge >= 0.3 is 0 Å². The molecule has 0 aliphatic carbocycles. The van der Waals surface area contributed by atoms with E-state index in [4.69, 9.17) is 9.47 Å². The molecular formula is C23H27N2O2+. The van der Waals surface area contributed by atoms with Crippen LogP contribution in [0.25, 0.3) is 16.9 Å². The average molecular weight is 363 g/mol. The summed E-state index contributed by atoms with van der Waals surface area (Å²) in [5.41, 5.74) is 3.54. The first-order chi connectivity index (χ1) is 13.3. The van der Waals surface area contributed by atoms with E-state index >= 15 is 0 Å². The lowest BCUT2D eigenvalue weighted by Gasteiger charge is -2.07. The molecule has 0 unspecified atom stereocenters. The number of ether oxygens (including phenoxy) is 2. The molecule has 0 N–H and O–H groups in total. The molecule has 4 nitrogen and oxygen atoms in total. The smallest absolute Gasteiger partial charge is 0.262 e. The predicted octanol–water partition coefficient (Wildman–Crippen LogP) is 4.57. The number of para-hydroxylation sites is 1. The molecule has 1 aromatic heterocycles. The number of fused-ring (bicyclic) bond motifs is 1. The Morgan fingerprint density at radius 2 is 1.81 bits per heavy atom. The van der Waals surface area contributed by atoms with Crippen LogP contribution in [0.1, 0.15) is 32.0 Å². The van der Waals surface area contributed by atoms with Crippen molar-refractivity contribution in [3.63, 3.8) is 0 Å². The number of nitrogens with zero attached hydrogens (tertiary/aromatic N) is 2. The number of methoxy groups -OCH3 is 1. The fourth-order valence-electron chi connectivity index (χ4n) is 3.93. The van der Waals surface area contributed by atoms with Gasteiger partial charge < -0.3 is 9.47 Å². The lowest BCUT2D eigenvalue weighted by Crippen LogP contribution is -2.38. The maximum Gasteiger partial charge on any atom is 0.262 e. The molecule has 0 bridgehead atoms. The quantitative estimate of drug-likeness (QED) is 0.621. The van der Waals surface area contributed by atoms with Crippen LogP contribution in [0, 0.1) is 0 Å². The molecule has 0 spiro atoms. The molecule has 2 heterocycles. The molecule has 140 valence electrons. The maximum atomic E-state index is 5.64. The third-order valence-electron chi connectivity index (χ3n) is 5.22. The van der Waals surface area contributed by atoms with Crippen molar-refractivity contribution in [2.45, 2.75) is 39.2 Å². The summed E-state index contributed by atoms with van der Waals surface area (Å²) in [6.45, 7) is 3.74. The Labute approximate surface area is 161 Å². The van der Waals surface area contributed by atoms with Crippen molar-refractivity contribution >= 4 is 0 Å². The van der Waals surface area contributed by atoms with E-state index in [2.05, 4.69) is 51.7 Å². The summed E-state index contributed by atoms with van der Waals surface area (Å²) in [5, 5.41) is 0. The van der Waals surface area contributed by atoms with Gasteiger partial charge in [-0.3, -0.25) is 0 Å². The van der Waals surface area contributed by atoms with Crippen LogP contribution in [-0.2, 0) is 13.0 Å². The van der Waals surface area contributed by atoms with Crippen molar-refractivity contribution in [1.82, 2.24) is 4.57 Å². The van der Waals surface area contributed by atoms with Crippen LogP contribution in [0.2, 0.25) is 0 Å². The highest BCUT2D eigenvalue weighted by molar-refractivity contribution is 5.65. The highest BCUT2D eigenvalue weighted by Crippen LogP contribution is 2.30. The van der Waals surface area contributed by atoms with E-state index in [0.717, 1.165) is 30.0 Å². The van der Waals surface area contributed by atoms with E-state index in [0.29, 0.717) is 6.61 Å². The third-order valence-corrected chi connectivity index (χ3v) is 5.22. The van der Waals surface area contributed by atoms with Crippen molar-refractivity contribution in [1.29, 1.82) is 0 Å². The fourth-order valence-corrected chi connectivity index (χ4v) is 3.93. The summed E-state index contributed by atoms with van der Waals surface area (Å²) < 4.78 is 16.1.